The van der Waals surface area contributed by atoms with Crippen LogP contribution in [-0.2, 0) is 32.5 Å². The Morgan fingerprint density at radius 3 is 2.37 bits per heavy atom. The summed E-state index contributed by atoms with van der Waals surface area (Å²) in [5.74, 6) is 0.451. The van der Waals surface area contributed by atoms with Crippen LogP contribution in [0, 0.1) is 0 Å². The van der Waals surface area contributed by atoms with Crippen LogP contribution in [0.2, 0.25) is 0 Å². The standard InChI is InChI=1S/C27H34N4O5S2/c1-6-8-13-24-28-26(37-5)25(27(33)36-7-2)30(24)18-20-14-16-21(17-15-20)22-11-9-10-12-23(22)31(29(3)4)38(34,35)19-32/h9-12,14-17,19H,6-8,13,18H2,1-5H3. The summed E-state index contributed by atoms with van der Waals surface area (Å²) in [4.78, 5) is 28.9. The molecule has 0 saturated heterocycles. The van der Waals surface area contributed by atoms with Gasteiger partial charge in [0.05, 0.1) is 12.3 Å². The number of aryl methyl sites for hydroxylation is 1. The van der Waals surface area contributed by atoms with Crippen LogP contribution in [0.25, 0.3) is 11.1 Å². The molecule has 0 amide bonds. The van der Waals surface area contributed by atoms with E-state index in [4.69, 9.17) is 9.72 Å². The SMILES string of the molecule is CCCCc1nc(SC)c(C(=O)OCC)n1Cc1ccc(-c2ccccc2N(N(C)C)S(=O)(=O)C=O)cc1. The summed E-state index contributed by atoms with van der Waals surface area (Å²) >= 11 is 1.42. The Balaban J connectivity index is 2.02. The minimum absolute atomic E-state index is 0.0574. The maximum absolute atomic E-state index is 12.8. The molecule has 9 nitrogen and oxygen atoms in total. The van der Waals surface area contributed by atoms with Gasteiger partial charge in [0.2, 0.25) is 0 Å². The quantitative estimate of drug-likeness (QED) is 0.129. The molecule has 0 saturated carbocycles. The highest BCUT2D eigenvalue weighted by Crippen LogP contribution is 2.33. The van der Waals surface area contributed by atoms with E-state index in [-0.39, 0.29) is 12.2 Å². The van der Waals surface area contributed by atoms with Crippen LogP contribution < -0.4 is 4.41 Å². The molecular weight excluding hydrogens is 524 g/mol. The van der Waals surface area contributed by atoms with E-state index in [0.717, 1.165) is 40.6 Å². The van der Waals surface area contributed by atoms with Crippen LogP contribution in [0.1, 0.15) is 48.6 Å². The number of para-hydroxylation sites is 1. The van der Waals surface area contributed by atoms with Crippen molar-refractivity contribution in [2.75, 3.05) is 31.4 Å². The Labute approximate surface area is 228 Å². The highest BCUT2D eigenvalue weighted by Gasteiger charge is 2.27. The van der Waals surface area contributed by atoms with Crippen molar-refractivity contribution in [3.8, 4) is 11.1 Å². The molecule has 0 spiro atoms. The fourth-order valence-corrected chi connectivity index (χ4v) is 5.74. The van der Waals surface area contributed by atoms with Crippen molar-refractivity contribution in [2.24, 2.45) is 0 Å². The number of carbonyl (C=O) groups is 2. The van der Waals surface area contributed by atoms with Crippen molar-refractivity contribution in [1.29, 1.82) is 0 Å². The Morgan fingerprint density at radius 1 is 1.11 bits per heavy atom. The number of nitrogens with zero attached hydrogens (tertiary/aromatic N) is 4. The van der Waals surface area contributed by atoms with E-state index in [9.17, 15) is 18.0 Å². The maximum Gasteiger partial charge on any atom is 0.357 e. The number of hydrogen-bond acceptors (Lipinski definition) is 8. The Hall–Kier alpha value is -3.15. The number of sulfonamides is 1. The summed E-state index contributed by atoms with van der Waals surface area (Å²) < 4.78 is 33.3. The number of rotatable bonds is 13. The van der Waals surface area contributed by atoms with Gasteiger partial charge in [0.15, 0.2) is 5.69 Å². The first-order valence-electron chi connectivity index (χ1n) is 12.3. The maximum atomic E-state index is 12.8. The first kappa shape index (κ1) is 29.4. The zero-order valence-electron chi connectivity index (χ0n) is 22.4. The summed E-state index contributed by atoms with van der Waals surface area (Å²) in [6.07, 6.45) is 4.61. The summed E-state index contributed by atoms with van der Waals surface area (Å²) in [5.41, 5.74) is 3.15. The van der Waals surface area contributed by atoms with E-state index in [1.807, 2.05) is 47.2 Å². The lowest BCUT2D eigenvalue weighted by Gasteiger charge is -2.29. The predicted molar refractivity (Wildman–Crippen MR) is 151 cm³/mol. The van der Waals surface area contributed by atoms with E-state index < -0.39 is 16.0 Å². The molecule has 11 heteroatoms. The number of imidazole rings is 1. The van der Waals surface area contributed by atoms with Gasteiger partial charge in [-0.3, -0.25) is 4.79 Å². The van der Waals surface area contributed by atoms with Gasteiger partial charge in [-0.1, -0.05) is 55.8 Å². The molecule has 0 bridgehead atoms. The third-order valence-electron chi connectivity index (χ3n) is 5.87. The van der Waals surface area contributed by atoms with Crippen LogP contribution >= 0.6 is 11.8 Å². The van der Waals surface area contributed by atoms with Gasteiger partial charge in [-0.2, -0.15) is 12.8 Å². The Bertz CT molecular complexity index is 1370. The Kier molecular flexibility index (Phi) is 10.1. The Morgan fingerprint density at radius 2 is 1.79 bits per heavy atom. The molecule has 0 aliphatic heterocycles. The normalized spacial score (nSPS) is 11.5. The highest BCUT2D eigenvalue weighted by atomic mass is 32.2. The fraction of sp³-hybridized carbons (Fsp3) is 0.370. The van der Waals surface area contributed by atoms with Gasteiger partial charge in [-0.15, -0.1) is 11.8 Å². The van der Waals surface area contributed by atoms with Crippen LogP contribution in [0.3, 0.4) is 0 Å². The number of hydrazine groups is 1. The summed E-state index contributed by atoms with van der Waals surface area (Å²) in [6.45, 7) is 4.61. The molecule has 0 radical (unpaired) electrons. The van der Waals surface area contributed by atoms with Gasteiger partial charge >= 0.3 is 16.0 Å². The molecule has 0 atom stereocenters. The second-order valence-electron chi connectivity index (χ2n) is 8.74. The average Bonchev–Trinajstić information content (AvgIpc) is 3.25. The van der Waals surface area contributed by atoms with Crippen LogP contribution in [0.15, 0.2) is 53.6 Å². The van der Waals surface area contributed by atoms with Crippen LogP contribution in [0.4, 0.5) is 5.69 Å². The lowest BCUT2D eigenvalue weighted by Crippen LogP contribution is -2.42. The second-order valence-corrected chi connectivity index (χ2v) is 11.1. The molecule has 204 valence electrons. The molecule has 0 unspecified atom stereocenters. The third kappa shape index (κ3) is 6.46. The second kappa shape index (κ2) is 13.1. The number of carbonyl (C=O) groups excluding carboxylic acids is 2. The van der Waals surface area contributed by atoms with Gasteiger partial charge in [-0.05, 0) is 36.8 Å². The van der Waals surface area contributed by atoms with Gasteiger partial charge in [0.1, 0.15) is 10.9 Å². The molecule has 0 aliphatic carbocycles. The molecule has 3 aromatic rings. The molecule has 2 aromatic carbocycles. The number of ether oxygens (including phenoxy) is 1. The zero-order valence-corrected chi connectivity index (χ0v) is 24.0. The van der Waals surface area contributed by atoms with Crippen molar-refractivity contribution < 1.29 is 22.7 Å². The van der Waals surface area contributed by atoms with E-state index in [0.29, 0.717) is 28.5 Å². The van der Waals surface area contributed by atoms with Crippen LogP contribution in [-0.4, -0.2) is 61.5 Å². The summed E-state index contributed by atoms with van der Waals surface area (Å²) in [6, 6.07) is 14.7. The number of aromatic nitrogens is 2. The van der Waals surface area contributed by atoms with E-state index in [1.165, 1.54) is 16.8 Å². The van der Waals surface area contributed by atoms with Crippen molar-refractivity contribution >= 4 is 39.1 Å². The minimum atomic E-state index is -4.20. The first-order chi connectivity index (χ1) is 18.2. The molecule has 1 heterocycles. The molecule has 0 aliphatic rings. The van der Waals surface area contributed by atoms with E-state index in [2.05, 4.69) is 6.92 Å². The number of esters is 1. The largest absolute Gasteiger partial charge is 0.461 e. The smallest absolute Gasteiger partial charge is 0.357 e. The van der Waals surface area contributed by atoms with Crippen molar-refractivity contribution in [2.45, 2.75) is 44.7 Å². The average molecular weight is 559 g/mol. The number of thioether (sulfide) groups is 1. The summed E-state index contributed by atoms with van der Waals surface area (Å²) in [7, 11) is -1.08. The fourth-order valence-electron chi connectivity index (χ4n) is 4.19. The highest BCUT2D eigenvalue weighted by molar-refractivity contribution is 8.05. The van der Waals surface area contributed by atoms with Crippen molar-refractivity contribution in [3.05, 3.63) is 65.6 Å². The monoisotopic (exact) mass is 558 g/mol. The lowest BCUT2D eigenvalue weighted by atomic mass is 10.0. The molecular formula is C27H34N4O5S2. The zero-order chi connectivity index (χ0) is 27.9. The van der Waals surface area contributed by atoms with Crippen molar-refractivity contribution in [1.82, 2.24) is 14.6 Å². The van der Waals surface area contributed by atoms with E-state index in [1.54, 1.807) is 33.2 Å². The van der Waals surface area contributed by atoms with Crippen molar-refractivity contribution in [3.63, 3.8) is 0 Å². The van der Waals surface area contributed by atoms with Crippen LogP contribution in [0.5, 0.6) is 0 Å². The number of unbranched alkanes of at least 4 members (excludes halogenated alkanes) is 1. The number of hydrogen-bond donors (Lipinski definition) is 0. The van der Waals surface area contributed by atoms with Gasteiger partial charge in [0.25, 0.3) is 5.62 Å². The third-order valence-corrected chi connectivity index (χ3v) is 7.79. The van der Waals surface area contributed by atoms with E-state index >= 15 is 0 Å². The molecule has 1 aromatic heterocycles. The molecule has 38 heavy (non-hydrogen) atoms. The summed E-state index contributed by atoms with van der Waals surface area (Å²) in [5, 5.41) is 2.01. The predicted octanol–water partition coefficient (Wildman–Crippen LogP) is 4.64. The lowest BCUT2D eigenvalue weighted by molar-refractivity contribution is 0.0509. The number of benzene rings is 2. The van der Waals surface area contributed by atoms with Gasteiger partial charge in [0, 0.05) is 32.6 Å². The minimum Gasteiger partial charge on any atom is -0.461 e. The van der Waals surface area contributed by atoms with Gasteiger partial charge in [-0.25, -0.2) is 14.8 Å². The molecule has 0 N–H and O–H groups in total. The first-order valence-corrected chi connectivity index (χ1v) is 15.1. The molecule has 3 rings (SSSR count). The number of anilines is 1. The molecule has 0 fully saturated rings. The topological polar surface area (TPSA) is 102 Å². The van der Waals surface area contributed by atoms with Gasteiger partial charge < -0.3 is 9.30 Å².